The highest BCUT2D eigenvalue weighted by atomic mass is 16.5. The number of rotatable bonds is 13. The molecule has 0 radical (unpaired) electrons. The molecule has 12 aromatic rings. The smallest absolute Gasteiger partial charge is 0.127 e. The van der Waals surface area contributed by atoms with Gasteiger partial charge in [-0.05, 0) is 200 Å². The van der Waals surface area contributed by atoms with Crippen LogP contribution in [0, 0.1) is 69.2 Å². The summed E-state index contributed by atoms with van der Waals surface area (Å²) in [6.07, 6.45) is 0. The van der Waals surface area contributed by atoms with Crippen molar-refractivity contribution in [2.24, 2.45) is 0 Å². The molecule has 92 heavy (non-hydrogen) atoms. The van der Waals surface area contributed by atoms with Gasteiger partial charge in [-0.1, -0.05) is 277 Å². The van der Waals surface area contributed by atoms with Crippen LogP contribution >= 0.6 is 0 Å². The van der Waals surface area contributed by atoms with Gasteiger partial charge in [-0.15, -0.1) is 0 Å². The van der Waals surface area contributed by atoms with Gasteiger partial charge in [0.05, 0.1) is 0 Å². The van der Waals surface area contributed by atoms with Crippen LogP contribution in [-0.2, 0) is 10.8 Å². The van der Waals surface area contributed by atoms with Crippen LogP contribution < -0.4 is 18.9 Å². The van der Waals surface area contributed by atoms with Crippen LogP contribution in [0.4, 0.5) is 0 Å². The SMILES string of the molecule is Cc1ccc(-c2ccc(C)cc2)cc1.Cc1ccc(C)cc1.Cc1ccc(Oc2ccc(C(C)(C)c3ccc(C)cc3)cc2)cc1.Cc1ccc(Oc2ccc(C(C)(C)c3ccc(Oc4ccc(C)cc4)cc3)cc2)cc1.Cc1ccc(Oc2ccc(C)cc2)cc1. The predicted molar refractivity (Wildman–Crippen MR) is 388 cm³/mol. The molecule has 4 nitrogen and oxygen atoms in total. The minimum atomic E-state index is -0.134. The maximum absolute atomic E-state index is 5.97. The molecule has 4 heteroatoms. The molecule has 0 aliphatic carbocycles. The third-order valence-electron chi connectivity index (χ3n) is 16.2. The lowest BCUT2D eigenvalue weighted by Crippen LogP contribution is -2.18. The molecule has 0 atom stereocenters. The summed E-state index contributed by atoms with van der Waals surface area (Å²) in [6.45, 7) is 29.9. The van der Waals surface area contributed by atoms with Gasteiger partial charge >= 0.3 is 0 Å². The number of ether oxygens (including phenoxy) is 4. The Morgan fingerprint density at radius 2 is 0.261 bits per heavy atom. The van der Waals surface area contributed by atoms with Crippen molar-refractivity contribution in [3.8, 4) is 57.1 Å². The highest BCUT2D eigenvalue weighted by molar-refractivity contribution is 5.64. The zero-order valence-corrected chi connectivity index (χ0v) is 56.3. The topological polar surface area (TPSA) is 36.9 Å². The molecule has 0 aliphatic heterocycles. The molecule has 12 rings (SSSR count). The summed E-state index contributed by atoms with van der Waals surface area (Å²) in [5.74, 6) is 6.86. The van der Waals surface area contributed by atoms with Crippen molar-refractivity contribution in [2.45, 2.75) is 108 Å². The van der Waals surface area contributed by atoms with Gasteiger partial charge in [0.15, 0.2) is 0 Å². The van der Waals surface area contributed by atoms with Gasteiger partial charge in [-0.3, -0.25) is 0 Å². The number of aryl methyl sites for hydroxylation is 10. The van der Waals surface area contributed by atoms with Gasteiger partial charge in [0.2, 0.25) is 0 Å². The Morgan fingerprint density at radius 3 is 0.424 bits per heavy atom. The van der Waals surface area contributed by atoms with Crippen LogP contribution in [0.3, 0.4) is 0 Å². The normalized spacial score (nSPS) is 10.7. The third kappa shape index (κ3) is 21.0. The van der Waals surface area contributed by atoms with Crippen LogP contribution in [0.1, 0.15) is 106 Å². The van der Waals surface area contributed by atoms with Crippen LogP contribution in [0.15, 0.2) is 291 Å². The molecule has 0 aliphatic rings. The Bertz CT molecular complexity index is 3910. The summed E-state index contributed by atoms with van der Waals surface area (Å²) < 4.78 is 23.6. The lowest BCUT2D eigenvalue weighted by molar-refractivity contribution is 0.481. The quantitative estimate of drug-likeness (QED) is 0.115. The molecule has 0 saturated carbocycles. The van der Waals surface area contributed by atoms with Gasteiger partial charge in [-0.25, -0.2) is 0 Å². The lowest BCUT2D eigenvalue weighted by Gasteiger charge is -2.26. The minimum Gasteiger partial charge on any atom is -0.457 e. The zero-order chi connectivity index (χ0) is 65.6. The van der Waals surface area contributed by atoms with Crippen molar-refractivity contribution in [3.05, 3.63) is 369 Å². The Morgan fingerprint density at radius 1 is 0.152 bits per heavy atom. The molecule has 0 fully saturated rings. The van der Waals surface area contributed by atoms with Gasteiger partial charge in [0.1, 0.15) is 46.0 Å². The van der Waals surface area contributed by atoms with Crippen molar-refractivity contribution >= 4 is 0 Å². The molecule has 0 bridgehead atoms. The third-order valence-corrected chi connectivity index (χ3v) is 16.2. The van der Waals surface area contributed by atoms with Crippen LogP contribution in [-0.4, -0.2) is 0 Å². The highest BCUT2D eigenvalue weighted by Gasteiger charge is 2.24. The first-order valence-corrected chi connectivity index (χ1v) is 31.7. The van der Waals surface area contributed by atoms with Crippen LogP contribution in [0.2, 0.25) is 0 Å². The van der Waals surface area contributed by atoms with E-state index in [4.69, 9.17) is 18.9 Å². The molecule has 0 unspecified atom stereocenters. The Hall–Kier alpha value is -10.2. The summed E-state index contributed by atoms with van der Waals surface area (Å²) in [4.78, 5) is 0. The van der Waals surface area contributed by atoms with Crippen LogP contribution in [0.25, 0.3) is 11.1 Å². The number of hydrogen-bond acceptors (Lipinski definition) is 4. The van der Waals surface area contributed by atoms with Crippen molar-refractivity contribution in [3.63, 3.8) is 0 Å². The van der Waals surface area contributed by atoms with E-state index in [1.165, 1.54) is 89.0 Å². The fraction of sp³-hybridized carbons (Fsp3) is 0.182. The van der Waals surface area contributed by atoms with Crippen molar-refractivity contribution in [2.75, 3.05) is 0 Å². The second-order valence-corrected chi connectivity index (χ2v) is 25.0. The second-order valence-electron chi connectivity index (χ2n) is 25.0. The molecule has 0 amide bonds. The van der Waals surface area contributed by atoms with Crippen molar-refractivity contribution in [1.29, 1.82) is 0 Å². The van der Waals surface area contributed by atoms with E-state index >= 15 is 0 Å². The molecule has 0 aromatic heterocycles. The Kier molecular flexibility index (Phi) is 24.0. The van der Waals surface area contributed by atoms with E-state index < -0.39 is 0 Å². The fourth-order valence-corrected chi connectivity index (χ4v) is 9.83. The van der Waals surface area contributed by atoms with E-state index in [0.717, 1.165) is 46.0 Å². The van der Waals surface area contributed by atoms with Gasteiger partial charge in [0, 0.05) is 10.8 Å². The van der Waals surface area contributed by atoms with Gasteiger partial charge < -0.3 is 18.9 Å². The summed E-state index contributed by atoms with van der Waals surface area (Å²) >= 11 is 0. The molecule has 0 N–H and O–H groups in total. The van der Waals surface area contributed by atoms with E-state index in [1.807, 2.05) is 121 Å². The van der Waals surface area contributed by atoms with E-state index in [2.05, 4.69) is 267 Å². The lowest BCUT2D eigenvalue weighted by atomic mass is 9.78. The predicted octanol–water partition coefficient (Wildman–Crippen LogP) is 25.0. The standard InChI is InChI=1S/C29H28O2.C23H24O.C14H14O.C14H14.C8H10/c1-21-5-13-25(14-6-21)30-27-17-9-23(10-18-27)29(3,4)24-11-19-28(20-12-24)31-26-15-7-22(2)8-16-26;1-17-5-9-19(10-6-17)23(3,4)20-11-15-22(16-12-20)24-21-13-7-18(2)8-14-21;1-11-3-7-13(8-4-11)15-14-9-5-12(2)6-10-14;1-11-3-7-13(8-4-11)14-9-5-12(2)6-10-14;1-7-3-5-8(2)6-4-7/h5-20H,1-4H3;5-16H,1-4H3;3-10H,1-2H3;3-10H,1-2H3;3-6H,1-2H3. The van der Waals surface area contributed by atoms with E-state index in [9.17, 15) is 0 Å². The first-order chi connectivity index (χ1) is 44.1. The van der Waals surface area contributed by atoms with E-state index in [-0.39, 0.29) is 10.8 Å². The summed E-state index contributed by atoms with van der Waals surface area (Å²) in [5, 5.41) is 0. The largest absolute Gasteiger partial charge is 0.457 e. The van der Waals surface area contributed by atoms with Crippen molar-refractivity contribution < 1.29 is 18.9 Å². The molecule has 466 valence electrons. The molecular weight excluding hydrogens is 1120 g/mol. The summed E-state index contributed by atoms with van der Waals surface area (Å²) in [7, 11) is 0. The molecule has 12 aromatic carbocycles. The zero-order valence-electron chi connectivity index (χ0n) is 56.3. The maximum atomic E-state index is 5.97. The first-order valence-electron chi connectivity index (χ1n) is 31.7. The first kappa shape index (κ1) is 67.8. The summed E-state index contributed by atoms with van der Waals surface area (Å²) in [6, 6.07) is 100. The minimum absolute atomic E-state index is 0.0317. The summed E-state index contributed by atoms with van der Waals surface area (Å²) in [5.41, 5.74) is 20.2. The van der Waals surface area contributed by atoms with Gasteiger partial charge in [0.25, 0.3) is 0 Å². The maximum Gasteiger partial charge on any atom is 0.127 e. The molecule has 0 saturated heterocycles. The molecule has 0 spiro atoms. The number of benzene rings is 12. The van der Waals surface area contributed by atoms with E-state index in [1.54, 1.807) is 0 Å². The Balaban J connectivity index is 0.000000158. The molecular formula is C88H90O4. The highest BCUT2D eigenvalue weighted by Crippen LogP contribution is 2.36. The average molecular weight is 1210 g/mol. The van der Waals surface area contributed by atoms with E-state index in [0.29, 0.717) is 0 Å². The molecule has 0 heterocycles. The van der Waals surface area contributed by atoms with Crippen molar-refractivity contribution in [1.82, 2.24) is 0 Å². The Labute approximate surface area is 549 Å². The average Bonchev–Trinajstić information content (AvgIpc) is 1.14. The van der Waals surface area contributed by atoms with Gasteiger partial charge in [-0.2, -0.15) is 0 Å². The fourth-order valence-electron chi connectivity index (χ4n) is 9.83. The second kappa shape index (κ2) is 32.5. The number of hydrogen-bond donors (Lipinski definition) is 0. The monoisotopic (exact) mass is 1210 g/mol. The van der Waals surface area contributed by atoms with Crippen LogP contribution in [0.5, 0.6) is 46.0 Å².